The molecule has 0 spiro atoms. The van der Waals surface area contributed by atoms with Crippen LogP contribution in [0.1, 0.15) is 16.2 Å². The van der Waals surface area contributed by atoms with Crippen LogP contribution in [0.4, 0.5) is 0 Å². The third-order valence-electron chi connectivity index (χ3n) is 2.38. The third-order valence-corrected chi connectivity index (χ3v) is 4.14. The van der Waals surface area contributed by atoms with Gasteiger partial charge in [-0.1, -0.05) is 11.6 Å². The predicted octanol–water partition coefficient (Wildman–Crippen LogP) is 2.29. The molecule has 17 heavy (non-hydrogen) atoms. The van der Waals surface area contributed by atoms with E-state index in [0.29, 0.717) is 5.02 Å². The average Bonchev–Trinajstić information content (AvgIpc) is 2.80. The summed E-state index contributed by atoms with van der Waals surface area (Å²) in [7, 11) is 0. The lowest BCUT2D eigenvalue weighted by Crippen LogP contribution is -2.19. The summed E-state index contributed by atoms with van der Waals surface area (Å²) in [5.74, 6) is -0.168. The normalized spacial score (nSPS) is 10.8. The van der Waals surface area contributed by atoms with Gasteiger partial charge < -0.3 is 0 Å². The van der Waals surface area contributed by atoms with Crippen molar-refractivity contribution in [1.29, 1.82) is 0 Å². The maximum Gasteiger partial charge on any atom is 0.268 e. The molecule has 0 atom stereocenters. The van der Waals surface area contributed by atoms with Gasteiger partial charge in [0.1, 0.15) is 6.54 Å². The number of halogens is 2. The molecule has 0 aromatic carbocycles. The summed E-state index contributed by atoms with van der Waals surface area (Å²) in [6, 6.07) is 0. The first-order chi connectivity index (χ1) is 7.99. The zero-order chi connectivity index (χ0) is 12.6. The van der Waals surface area contributed by atoms with Crippen molar-refractivity contribution < 1.29 is 4.79 Å². The van der Waals surface area contributed by atoms with Crippen molar-refractivity contribution in [1.82, 2.24) is 19.6 Å². The zero-order valence-electron chi connectivity index (χ0n) is 9.31. The van der Waals surface area contributed by atoms with Crippen molar-refractivity contribution in [2.45, 2.75) is 20.4 Å². The Hall–Kier alpha value is -0.890. The van der Waals surface area contributed by atoms with Crippen LogP contribution in [0.2, 0.25) is 5.02 Å². The van der Waals surface area contributed by atoms with Crippen molar-refractivity contribution >= 4 is 40.1 Å². The highest BCUT2D eigenvalue weighted by atomic mass is 127. The number of aromatic nitrogens is 4. The van der Waals surface area contributed by atoms with Crippen LogP contribution in [-0.2, 0) is 6.54 Å². The van der Waals surface area contributed by atoms with Gasteiger partial charge in [0, 0.05) is 5.69 Å². The molecule has 0 saturated heterocycles. The minimum Gasteiger partial charge on any atom is -0.270 e. The zero-order valence-corrected chi connectivity index (χ0v) is 12.2. The number of nitrogens with zero attached hydrogens (tertiary/aromatic N) is 4. The Kier molecular flexibility index (Phi) is 3.53. The molecule has 2 rings (SSSR count). The topological polar surface area (TPSA) is 52.7 Å². The Morgan fingerprint density at radius 1 is 1.53 bits per heavy atom. The molecule has 2 aromatic rings. The van der Waals surface area contributed by atoms with Crippen molar-refractivity contribution in [2.24, 2.45) is 0 Å². The molecule has 0 aliphatic carbocycles. The van der Waals surface area contributed by atoms with Crippen LogP contribution in [0.3, 0.4) is 0 Å². The fourth-order valence-electron chi connectivity index (χ4n) is 1.47. The summed E-state index contributed by atoms with van der Waals surface area (Å²) in [4.78, 5) is 11.9. The number of hydrogen-bond acceptors (Lipinski definition) is 3. The Balaban J connectivity index is 2.21. The largest absolute Gasteiger partial charge is 0.270 e. The van der Waals surface area contributed by atoms with E-state index in [0.717, 1.165) is 15.0 Å². The Morgan fingerprint density at radius 3 is 2.71 bits per heavy atom. The Morgan fingerprint density at radius 2 is 2.24 bits per heavy atom. The van der Waals surface area contributed by atoms with E-state index in [-0.39, 0.29) is 12.5 Å². The standard InChI is InChI=1S/C10H10ClIN4O/c1-6-10(12)7(2)15(14-6)5-9(17)16-4-8(11)3-13-16/h3-4H,5H2,1-2H3. The lowest BCUT2D eigenvalue weighted by molar-refractivity contribution is 0.0869. The summed E-state index contributed by atoms with van der Waals surface area (Å²) in [6.07, 6.45) is 2.92. The van der Waals surface area contributed by atoms with E-state index in [1.807, 2.05) is 13.8 Å². The van der Waals surface area contributed by atoms with Gasteiger partial charge in [-0.2, -0.15) is 10.2 Å². The van der Waals surface area contributed by atoms with Gasteiger partial charge in [0.15, 0.2) is 0 Å². The first-order valence-electron chi connectivity index (χ1n) is 4.92. The average molecular weight is 365 g/mol. The fraction of sp³-hybridized carbons (Fsp3) is 0.300. The van der Waals surface area contributed by atoms with Crippen molar-refractivity contribution in [2.75, 3.05) is 0 Å². The molecule has 0 N–H and O–H groups in total. The van der Waals surface area contributed by atoms with Gasteiger partial charge in [-0.05, 0) is 36.4 Å². The minimum absolute atomic E-state index is 0.160. The summed E-state index contributed by atoms with van der Waals surface area (Å²) in [5, 5.41) is 8.60. The quantitative estimate of drug-likeness (QED) is 0.768. The smallest absolute Gasteiger partial charge is 0.268 e. The molecule has 0 radical (unpaired) electrons. The number of hydrogen-bond donors (Lipinski definition) is 0. The van der Waals surface area contributed by atoms with Crippen molar-refractivity contribution in [3.8, 4) is 0 Å². The van der Waals surface area contributed by atoms with Gasteiger partial charge >= 0.3 is 0 Å². The number of aryl methyl sites for hydroxylation is 1. The summed E-state index contributed by atoms with van der Waals surface area (Å²) >= 11 is 7.93. The Labute approximate surface area is 117 Å². The maximum atomic E-state index is 11.9. The van der Waals surface area contributed by atoms with E-state index >= 15 is 0 Å². The summed E-state index contributed by atoms with van der Waals surface area (Å²) in [5.41, 5.74) is 1.91. The molecule has 0 unspecified atom stereocenters. The number of rotatable bonds is 2. The molecular formula is C10H10ClIN4O. The molecule has 2 heterocycles. The predicted molar refractivity (Wildman–Crippen MR) is 72.3 cm³/mol. The Bertz CT molecular complexity index is 575. The number of carbonyl (C=O) groups is 1. The van der Waals surface area contributed by atoms with E-state index < -0.39 is 0 Å². The minimum atomic E-state index is -0.168. The van der Waals surface area contributed by atoms with Crippen LogP contribution < -0.4 is 0 Å². The van der Waals surface area contributed by atoms with Gasteiger partial charge in [0.2, 0.25) is 0 Å². The molecule has 2 aromatic heterocycles. The molecule has 90 valence electrons. The highest BCUT2D eigenvalue weighted by Gasteiger charge is 2.13. The van der Waals surface area contributed by atoms with E-state index in [2.05, 4.69) is 32.8 Å². The molecule has 0 aliphatic heterocycles. The SMILES string of the molecule is Cc1nn(CC(=O)n2cc(Cl)cn2)c(C)c1I. The highest BCUT2D eigenvalue weighted by molar-refractivity contribution is 14.1. The lowest BCUT2D eigenvalue weighted by Gasteiger charge is -2.03. The van der Waals surface area contributed by atoms with Crippen LogP contribution in [0.25, 0.3) is 0 Å². The van der Waals surface area contributed by atoms with Crippen LogP contribution in [-0.4, -0.2) is 25.5 Å². The van der Waals surface area contributed by atoms with Crippen LogP contribution in [0, 0.1) is 17.4 Å². The second-order valence-electron chi connectivity index (χ2n) is 3.64. The fourth-order valence-corrected chi connectivity index (χ4v) is 1.99. The molecular weight excluding hydrogens is 354 g/mol. The van der Waals surface area contributed by atoms with Crippen LogP contribution in [0.15, 0.2) is 12.4 Å². The molecule has 0 amide bonds. The molecule has 0 aliphatic rings. The third kappa shape index (κ3) is 2.52. The summed E-state index contributed by atoms with van der Waals surface area (Å²) in [6.45, 7) is 4.01. The lowest BCUT2D eigenvalue weighted by atomic mass is 10.4. The van der Waals surface area contributed by atoms with E-state index in [1.165, 1.54) is 17.1 Å². The van der Waals surface area contributed by atoms with Gasteiger partial charge in [-0.3, -0.25) is 9.48 Å². The van der Waals surface area contributed by atoms with Crippen molar-refractivity contribution in [3.63, 3.8) is 0 Å². The first-order valence-corrected chi connectivity index (χ1v) is 6.37. The van der Waals surface area contributed by atoms with Gasteiger partial charge in [0.05, 0.1) is 26.7 Å². The maximum absolute atomic E-state index is 11.9. The molecule has 0 fully saturated rings. The molecule has 0 bridgehead atoms. The van der Waals surface area contributed by atoms with E-state index in [9.17, 15) is 4.79 Å². The van der Waals surface area contributed by atoms with Crippen LogP contribution >= 0.6 is 34.2 Å². The van der Waals surface area contributed by atoms with E-state index in [1.54, 1.807) is 4.68 Å². The second-order valence-corrected chi connectivity index (χ2v) is 5.15. The van der Waals surface area contributed by atoms with Crippen LogP contribution in [0.5, 0.6) is 0 Å². The molecule has 0 saturated carbocycles. The second kappa shape index (κ2) is 4.77. The van der Waals surface area contributed by atoms with Gasteiger partial charge in [-0.15, -0.1) is 0 Å². The highest BCUT2D eigenvalue weighted by Crippen LogP contribution is 2.15. The molecule has 7 heteroatoms. The van der Waals surface area contributed by atoms with Gasteiger partial charge in [0.25, 0.3) is 5.91 Å². The first kappa shape index (κ1) is 12.6. The van der Waals surface area contributed by atoms with Gasteiger partial charge in [-0.25, -0.2) is 4.68 Å². The molecule has 5 nitrogen and oxygen atoms in total. The van der Waals surface area contributed by atoms with E-state index in [4.69, 9.17) is 11.6 Å². The summed E-state index contributed by atoms with van der Waals surface area (Å²) < 4.78 is 3.98. The number of carbonyl (C=O) groups excluding carboxylic acids is 1. The van der Waals surface area contributed by atoms with Crippen molar-refractivity contribution in [3.05, 3.63) is 32.4 Å². The monoisotopic (exact) mass is 364 g/mol.